The third-order valence-corrected chi connectivity index (χ3v) is 4.01. The van der Waals surface area contributed by atoms with Crippen molar-refractivity contribution in [2.24, 2.45) is 0 Å². The predicted octanol–water partition coefficient (Wildman–Crippen LogP) is 3.33. The maximum absolute atomic E-state index is 13.6. The number of nitrogens with zero attached hydrogens (tertiary/aromatic N) is 4. The summed E-state index contributed by atoms with van der Waals surface area (Å²) in [7, 11) is 0. The second kappa shape index (κ2) is 6.97. The summed E-state index contributed by atoms with van der Waals surface area (Å²) >= 11 is 6.06. The Kier molecular flexibility index (Phi) is 4.76. The summed E-state index contributed by atoms with van der Waals surface area (Å²) in [6.45, 7) is 1.21. The number of hydrogen-bond acceptors (Lipinski definition) is 5. The number of ether oxygens (including phenoxy) is 1. The molecule has 2 aromatic rings. The van der Waals surface area contributed by atoms with E-state index in [1.165, 1.54) is 18.3 Å². The van der Waals surface area contributed by atoms with Gasteiger partial charge in [-0.25, -0.2) is 18.7 Å². The molecular formula is C16H13ClF2N4O. The zero-order valence-electron chi connectivity index (χ0n) is 12.5. The van der Waals surface area contributed by atoms with Gasteiger partial charge in [-0.1, -0.05) is 11.6 Å². The Hall–Kier alpha value is -2.46. The van der Waals surface area contributed by atoms with Crippen LogP contribution in [0.1, 0.15) is 18.5 Å². The van der Waals surface area contributed by atoms with E-state index in [9.17, 15) is 8.78 Å². The van der Waals surface area contributed by atoms with E-state index in [1.54, 1.807) is 0 Å². The second-order valence-corrected chi connectivity index (χ2v) is 5.72. The van der Waals surface area contributed by atoms with Gasteiger partial charge in [0.2, 0.25) is 0 Å². The predicted molar refractivity (Wildman–Crippen MR) is 84.0 cm³/mol. The molecule has 24 heavy (non-hydrogen) atoms. The van der Waals surface area contributed by atoms with Crippen LogP contribution in [0.4, 0.5) is 14.6 Å². The highest BCUT2D eigenvalue weighted by Gasteiger charge is 2.24. The van der Waals surface area contributed by atoms with Crippen LogP contribution in [0.2, 0.25) is 5.15 Å². The van der Waals surface area contributed by atoms with Crippen molar-refractivity contribution in [2.45, 2.75) is 18.9 Å². The lowest BCUT2D eigenvalue weighted by Crippen LogP contribution is -2.39. The number of benzene rings is 1. The van der Waals surface area contributed by atoms with Crippen LogP contribution >= 0.6 is 11.6 Å². The van der Waals surface area contributed by atoms with E-state index in [0.29, 0.717) is 31.7 Å². The van der Waals surface area contributed by atoms with Crippen LogP contribution in [0.5, 0.6) is 5.75 Å². The topological polar surface area (TPSA) is 62.0 Å². The normalized spacial score (nSPS) is 15.2. The second-order valence-electron chi connectivity index (χ2n) is 5.36. The summed E-state index contributed by atoms with van der Waals surface area (Å²) in [5, 5.41) is 8.96. The molecule has 0 atom stereocenters. The monoisotopic (exact) mass is 350 g/mol. The molecular weight excluding hydrogens is 338 g/mol. The number of halogens is 3. The minimum Gasteiger partial charge on any atom is -0.487 e. The number of nitriles is 1. The minimum absolute atomic E-state index is 0.0473. The third kappa shape index (κ3) is 3.54. The average molecular weight is 351 g/mol. The molecule has 2 heterocycles. The molecule has 124 valence electrons. The Labute approximate surface area is 142 Å². The molecule has 0 bridgehead atoms. The highest BCUT2D eigenvalue weighted by Crippen LogP contribution is 2.27. The molecule has 0 amide bonds. The van der Waals surface area contributed by atoms with Gasteiger partial charge in [0, 0.05) is 32.0 Å². The van der Waals surface area contributed by atoms with Crippen LogP contribution in [-0.2, 0) is 0 Å². The molecule has 0 radical (unpaired) electrons. The van der Waals surface area contributed by atoms with Crippen LogP contribution in [0.25, 0.3) is 0 Å². The van der Waals surface area contributed by atoms with E-state index in [-0.39, 0.29) is 22.7 Å². The van der Waals surface area contributed by atoms with Crippen molar-refractivity contribution in [3.8, 4) is 11.8 Å². The molecule has 0 unspecified atom stereocenters. The number of rotatable bonds is 3. The highest BCUT2D eigenvalue weighted by molar-refractivity contribution is 6.31. The first kappa shape index (κ1) is 16.4. The lowest BCUT2D eigenvalue weighted by molar-refractivity contribution is 0.163. The fourth-order valence-electron chi connectivity index (χ4n) is 2.56. The Bertz CT molecular complexity index is 788. The maximum Gasteiger partial charge on any atom is 0.173 e. The van der Waals surface area contributed by atoms with E-state index in [1.807, 2.05) is 11.0 Å². The van der Waals surface area contributed by atoms with Crippen LogP contribution in [0, 0.1) is 23.0 Å². The van der Waals surface area contributed by atoms with Crippen LogP contribution < -0.4 is 9.64 Å². The zero-order chi connectivity index (χ0) is 17.1. The Morgan fingerprint density at radius 3 is 2.67 bits per heavy atom. The lowest BCUT2D eigenvalue weighted by Gasteiger charge is -2.33. The molecule has 0 saturated carbocycles. The quantitative estimate of drug-likeness (QED) is 0.849. The average Bonchev–Trinajstić information content (AvgIpc) is 2.58. The summed E-state index contributed by atoms with van der Waals surface area (Å²) in [4.78, 5) is 10.1. The summed E-state index contributed by atoms with van der Waals surface area (Å²) in [6.07, 6.45) is 2.47. The van der Waals surface area contributed by atoms with E-state index in [0.717, 1.165) is 6.07 Å². The molecule has 1 aliphatic rings. The van der Waals surface area contributed by atoms with Crippen molar-refractivity contribution in [1.82, 2.24) is 9.97 Å². The number of aromatic nitrogens is 2. The standard InChI is InChI=1S/C16H13ClF2N4O/c17-15-16(21-9-11(8-20)22-15)23-5-3-12(4-6-23)24-14-2-1-10(18)7-13(14)19/h1-2,7,9,12H,3-6H2. The molecule has 1 fully saturated rings. The van der Waals surface area contributed by atoms with Gasteiger partial charge >= 0.3 is 0 Å². The first-order valence-corrected chi connectivity index (χ1v) is 7.74. The summed E-state index contributed by atoms with van der Waals surface area (Å²) in [6, 6.07) is 5.14. The van der Waals surface area contributed by atoms with Gasteiger partial charge in [0.1, 0.15) is 18.0 Å². The van der Waals surface area contributed by atoms with Gasteiger partial charge in [0.05, 0.1) is 6.20 Å². The van der Waals surface area contributed by atoms with Crippen LogP contribution in [0.3, 0.4) is 0 Å². The van der Waals surface area contributed by atoms with Gasteiger partial charge in [0.25, 0.3) is 0 Å². The van der Waals surface area contributed by atoms with Crippen molar-refractivity contribution < 1.29 is 13.5 Å². The Morgan fingerprint density at radius 1 is 1.29 bits per heavy atom. The number of anilines is 1. The Balaban J connectivity index is 1.62. The van der Waals surface area contributed by atoms with E-state index < -0.39 is 11.6 Å². The molecule has 8 heteroatoms. The van der Waals surface area contributed by atoms with Crippen LogP contribution in [0.15, 0.2) is 24.4 Å². The van der Waals surface area contributed by atoms with Gasteiger partial charge in [-0.2, -0.15) is 5.26 Å². The van der Waals surface area contributed by atoms with Gasteiger partial charge in [0.15, 0.2) is 28.2 Å². The van der Waals surface area contributed by atoms with Crippen LogP contribution in [-0.4, -0.2) is 29.2 Å². The number of piperidine rings is 1. The van der Waals surface area contributed by atoms with Gasteiger partial charge < -0.3 is 9.64 Å². The molecule has 3 rings (SSSR count). The SMILES string of the molecule is N#Cc1cnc(N2CCC(Oc3ccc(F)cc3F)CC2)c(Cl)n1. The largest absolute Gasteiger partial charge is 0.487 e. The first-order chi connectivity index (χ1) is 11.6. The van der Waals surface area contributed by atoms with E-state index in [4.69, 9.17) is 21.6 Å². The highest BCUT2D eigenvalue weighted by atomic mass is 35.5. The van der Waals surface area contributed by atoms with Crippen molar-refractivity contribution in [2.75, 3.05) is 18.0 Å². The van der Waals surface area contributed by atoms with Crippen molar-refractivity contribution >= 4 is 17.4 Å². The van der Waals surface area contributed by atoms with E-state index in [2.05, 4.69) is 9.97 Å². The van der Waals surface area contributed by atoms with Crippen molar-refractivity contribution in [3.05, 3.63) is 46.9 Å². The fraction of sp³-hybridized carbons (Fsp3) is 0.312. The Morgan fingerprint density at radius 2 is 2.04 bits per heavy atom. The molecule has 0 aliphatic carbocycles. The third-order valence-electron chi connectivity index (χ3n) is 3.76. The first-order valence-electron chi connectivity index (χ1n) is 7.36. The molecule has 0 spiro atoms. The maximum atomic E-state index is 13.6. The van der Waals surface area contributed by atoms with Crippen molar-refractivity contribution in [1.29, 1.82) is 5.26 Å². The van der Waals surface area contributed by atoms with Crippen molar-refractivity contribution in [3.63, 3.8) is 0 Å². The summed E-state index contributed by atoms with van der Waals surface area (Å²) in [5.74, 6) is -0.782. The molecule has 1 saturated heterocycles. The number of hydrogen-bond donors (Lipinski definition) is 0. The summed E-state index contributed by atoms with van der Waals surface area (Å²) in [5.41, 5.74) is 0.161. The lowest BCUT2D eigenvalue weighted by atomic mass is 10.1. The minimum atomic E-state index is -0.710. The molecule has 1 aromatic carbocycles. The smallest absolute Gasteiger partial charge is 0.173 e. The molecule has 1 aliphatic heterocycles. The molecule has 0 N–H and O–H groups in total. The van der Waals surface area contributed by atoms with E-state index >= 15 is 0 Å². The zero-order valence-corrected chi connectivity index (χ0v) is 13.3. The summed E-state index contributed by atoms with van der Waals surface area (Å²) < 4.78 is 32.2. The van der Waals surface area contributed by atoms with Gasteiger partial charge in [-0.05, 0) is 12.1 Å². The van der Waals surface area contributed by atoms with Gasteiger partial charge in [-0.15, -0.1) is 0 Å². The fourth-order valence-corrected chi connectivity index (χ4v) is 2.82. The molecule has 1 aromatic heterocycles. The van der Waals surface area contributed by atoms with Gasteiger partial charge in [-0.3, -0.25) is 0 Å². The molecule has 5 nitrogen and oxygen atoms in total.